The number of ether oxygens (including phenoxy) is 1. The minimum Gasteiger partial charge on any atom is -0.494 e. The number of benzene rings is 3. The fourth-order valence-electron chi connectivity index (χ4n) is 9.63. The van der Waals surface area contributed by atoms with Crippen LogP contribution < -0.4 is 15.4 Å². The molecule has 3 aromatic carbocycles. The number of halogens is 2. The van der Waals surface area contributed by atoms with Crippen LogP contribution in [-0.4, -0.2) is 116 Å². The molecule has 0 saturated carbocycles. The first-order valence-corrected chi connectivity index (χ1v) is 22.8. The molecule has 17 heteroatoms. The first-order valence-electron chi connectivity index (χ1n) is 22.0. The van der Waals surface area contributed by atoms with E-state index in [1.807, 2.05) is 80.4 Å². The summed E-state index contributed by atoms with van der Waals surface area (Å²) in [4.78, 5) is 69.6. The lowest BCUT2D eigenvalue weighted by Gasteiger charge is -2.34. The number of aryl methyl sites for hydroxylation is 5. The molecule has 1 unspecified atom stereocenters. The maximum absolute atomic E-state index is 13.3. The Balaban J connectivity index is 0.919. The Morgan fingerprint density at radius 2 is 1.66 bits per heavy atom. The number of amides is 4. The molecule has 3 aliphatic rings. The van der Waals surface area contributed by atoms with Gasteiger partial charge in [0.25, 0.3) is 5.91 Å². The average molecular weight is 926 g/mol. The van der Waals surface area contributed by atoms with Crippen molar-refractivity contribution < 1.29 is 33.8 Å². The molecule has 342 valence electrons. The zero-order chi connectivity index (χ0) is 46.3. The van der Waals surface area contributed by atoms with E-state index in [-0.39, 0.29) is 49.5 Å². The largest absolute Gasteiger partial charge is 0.494 e. The number of nitrogens with zero attached hydrogens (tertiary/aromatic N) is 6. The van der Waals surface area contributed by atoms with Crippen LogP contribution in [0.3, 0.4) is 0 Å². The van der Waals surface area contributed by atoms with Crippen LogP contribution in [0.15, 0.2) is 42.5 Å². The monoisotopic (exact) mass is 924 g/mol. The van der Waals surface area contributed by atoms with Gasteiger partial charge in [-0.3, -0.25) is 39.0 Å². The molecule has 3 N–H and O–H groups in total. The summed E-state index contributed by atoms with van der Waals surface area (Å²) < 4.78 is 9.88. The predicted molar refractivity (Wildman–Crippen MR) is 248 cm³/mol. The van der Waals surface area contributed by atoms with Crippen molar-refractivity contribution in [3.8, 4) is 16.9 Å². The van der Waals surface area contributed by atoms with Gasteiger partial charge in [0.2, 0.25) is 17.7 Å². The van der Waals surface area contributed by atoms with E-state index in [9.17, 15) is 29.1 Å². The Kier molecular flexibility index (Phi) is 13.4. The number of carbonyl (C=O) groups is 5. The van der Waals surface area contributed by atoms with Crippen LogP contribution in [0, 0.1) is 27.7 Å². The fraction of sp³-hybridized carbons (Fsp3) is 0.417. The van der Waals surface area contributed by atoms with Gasteiger partial charge in [0.05, 0.1) is 29.4 Å². The van der Waals surface area contributed by atoms with Gasteiger partial charge in [-0.15, -0.1) is 0 Å². The summed E-state index contributed by atoms with van der Waals surface area (Å²) in [5.41, 5.74) is 9.13. The van der Waals surface area contributed by atoms with E-state index in [1.54, 1.807) is 6.07 Å². The van der Waals surface area contributed by atoms with Gasteiger partial charge >= 0.3 is 5.97 Å². The highest BCUT2D eigenvalue weighted by Gasteiger charge is 2.39. The molecular weight excluding hydrogens is 871 g/mol. The molecular formula is C48H54Cl2N8O7. The molecule has 8 rings (SSSR count). The van der Waals surface area contributed by atoms with Crippen molar-refractivity contribution in [1.82, 2.24) is 39.7 Å². The van der Waals surface area contributed by atoms with Crippen molar-refractivity contribution in [2.24, 2.45) is 7.05 Å². The number of carbonyl (C=O) groups excluding carboxylic acids is 4. The van der Waals surface area contributed by atoms with Crippen LogP contribution in [0.25, 0.3) is 22.0 Å². The molecule has 2 aromatic heterocycles. The second-order valence-corrected chi connectivity index (χ2v) is 18.2. The van der Waals surface area contributed by atoms with E-state index in [0.717, 1.165) is 67.0 Å². The number of hydrogen-bond donors (Lipinski definition) is 3. The molecule has 0 aliphatic carbocycles. The van der Waals surface area contributed by atoms with Crippen LogP contribution >= 0.6 is 23.2 Å². The summed E-state index contributed by atoms with van der Waals surface area (Å²) in [5, 5.41) is 23.0. The third-order valence-corrected chi connectivity index (χ3v) is 14.0. The summed E-state index contributed by atoms with van der Waals surface area (Å²) in [6.07, 6.45) is 1.54. The van der Waals surface area contributed by atoms with E-state index in [1.165, 1.54) is 4.90 Å². The fourth-order valence-corrected chi connectivity index (χ4v) is 9.98. The molecule has 0 spiro atoms. The number of hydrogen-bond acceptors (Lipinski definition) is 9. The smallest absolute Gasteiger partial charge is 0.352 e. The van der Waals surface area contributed by atoms with Gasteiger partial charge in [0.1, 0.15) is 17.5 Å². The molecule has 0 bridgehead atoms. The Morgan fingerprint density at radius 1 is 0.938 bits per heavy atom. The number of aromatic carboxylic acids is 1. The Bertz CT molecular complexity index is 2710. The van der Waals surface area contributed by atoms with E-state index >= 15 is 0 Å². The average Bonchev–Trinajstić information content (AvgIpc) is 3.86. The summed E-state index contributed by atoms with van der Waals surface area (Å²) >= 11 is 13.4. The third-order valence-electron chi connectivity index (χ3n) is 13.0. The minimum absolute atomic E-state index is 0.119. The predicted octanol–water partition coefficient (Wildman–Crippen LogP) is 5.99. The van der Waals surface area contributed by atoms with Gasteiger partial charge in [0.15, 0.2) is 0 Å². The lowest BCUT2D eigenvalue weighted by Crippen LogP contribution is -2.52. The zero-order valence-corrected chi connectivity index (χ0v) is 38.9. The Labute approximate surface area is 387 Å². The molecule has 3 aliphatic heterocycles. The summed E-state index contributed by atoms with van der Waals surface area (Å²) in [6.45, 7) is 12.7. The Hall–Kier alpha value is -5.74. The minimum atomic E-state index is -1.01. The number of aromatic nitrogens is 3. The number of imide groups is 1. The van der Waals surface area contributed by atoms with E-state index in [4.69, 9.17) is 27.9 Å². The van der Waals surface area contributed by atoms with Crippen molar-refractivity contribution in [3.63, 3.8) is 0 Å². The number of piperidine rings is 1. The van der Waals surface area contributed by atoms with Gasteiger partial charge in [-0.25, -0.2) is 4.79 Å². The van der Waals surface area contributed by atoms with Crippen LogP contribution in [0.4, 0.5) is 0 Å². The molecule has 15 nitrogen and oxygen atoms in total. The lowest BCUT2D eigenvalue weighted by atomic mass is 9.98. The first kappa shape index (κ1) is 45.8. The summed E-state index contributed by atoms with van der Waals surface area (Å²) in [6, 6.07) is 12.4. The van der Waals surface area contributed by atoms with E-state index in [2.05, 4.69) is 25.5 Å². The molecule has 1 atom stereocenters. The summed E-state index contributed by atoms with van der Waals surface area (Å²) in [7, 11) is 1.89. The van der Waals surface area contributed by atoms with Gasteiger partial charge in [0, 0.05) is 98.6 Å². The molecule has 2 saturated heterocycles. The first-order chi connectivity index (χ1) is 31.1. The number of rotatable bonds is 15. The van der Waals surface area contributed by atoms with Crippen LogP contribution in [0.5, 0.6) is 5.75 Å². The van der Waals surface area contributed by atoms with Crippen molar-refractivity contribution in [1.29, 1.82) is 0 Å². The normalized spacial score (nSPS) is 16.9. The lowest BCUT2D eigenvalue weighted by molar-refractivity contribution is -0.137. The van der Waals surface area contributed by atoms with Gasteiger partial charge < -0.3 is 24.6 Å². The number of piperazine rings is 1. The van der Waals surface area contributed by atoms with Crippen LogP contribution in [0.2, 0.25) is 10.0 Å². The van der Waals surface area contributed by atoms with Gasteiger partial charge in [-0.2, -0.15) is 5.10 Å². The van der Waals surface area contributed by atoms with Crippen LogP contribution in [-0.2, 0) is 47.5 Å². The third kappa shape index (κ3) is 9.37. The summed E-state index contributed by atoms with van der Waals surface area (Å²) in [5.74, 6) is -1.43. The van der Waals surface area contributed by atoms with Gasteiger partial charge in [-0.05, 0) is 99.0 Å². The number of carboxylic acid groups (broad SMARTS) is 1. The van der Waals surface area contributed by atoms with E-state index < -0.39 is 17.9 Å². The van der Waals surface area contributed by atoms with Crippen molar-refractivity contribution in [3.05, 3.63) is 103 Å². The van der Waals surface area contributed by atoms with Crippen LogP contribution in [0.1, 0.15) is 79.3 Å². The highest BCUT2D eigenvalue weighted by Crippen LogP contribution is 2.42. The Morgan fingerprint density at radius 3 is 2.34 bits per heavy atom. The van der Waals surface area contributed by atoms with E-state index in [0.29, 0.717) is 80.7 Å². The van der Waals surface area contributed by atoms with Crippen molar-refractivity contribution in [2.75, 3.05) is 45.9 Å². The van der Waals surface area contributed by atoms with Crippen molar-refractivity contribution >= 4 is 63.7 Å². The molecule has 5 heterocycles. The van der Waals surface area contributed by atoms with Gasteiger partial charge in [-0.1, -0.05) is 41.4 Å². The molecule has 4 amide bonds. The topological polar surface area (TPSA) is 171 Å². The SMILES string of the molecule is Cc1cc(OCCCc2c(C(=O)O)n(CCN3CCN(CC(=O)NCc4ccc5c(c4)CN(C4CCC(=O)NC4=O)C5=O)CC3)c3c(-c4c(C)nn(C)c4C)c(Cl)ccc23)cc(C)c1Cl. The maximum Gasteiger partial charge on any atom is 0.352 e. The maximum atomic E-state index is 13.3. The molecule has 65 heavy (non-hydrogen) atoms. The highest BCUT2D eigenvalue weighted by molar-refractivity contribution is 6.35. The van der Waals surface area contributed by atoms with Crippen molar-refractivity contribution in [2.45, 2.75) is 79.1 Å². The number of nitrogens with one attached hydrogen (secondary N) is 2. The molecule has 0 radical (unpaired) electrons. The standard InChI is InChI=1S/C48H54Cl2N8O7/c1-27-21-33(22-28(2)43(27)50)65-20-6-7-35-36-10-11-37(49)42(41-29(3)53-54(5)30(41)4)44(36)57(45(35)48(63)64)19-18-55-14-16-56(17-15-55)26-40(60)51-24-31-8-9-34-32(23-31)25-58(47(34)62)38-12-13-39(59)52-46(38)61/h8-11,21-23,38H,6-7,12-20,24-26H2,1-5H3,(H,51,60)(H,63,64)(H,52,59,61). The second-order valence-electron chi connectivity index (χ2n) is 17.4. The quantitative estimate of drug-likeness (QED) is 0.0838. The second kappa shape index (κ2) is 19.0. The molecule has 5 aromatic rings. The number of fused-ring (bicyclic) bond motifs is 2. The number of carboxylic acids is 1. The highest BCUT2D eigenvalue weighted by atomic mass is 35.5. The molecule has 2 fully saturated rings. The zero-order valence-electron chi connectivity index (χ0n) is 37.4.